The highest BCUT2D eigenvalue weighted by Crippen LogP contribution is 2.23. The lowest BCUT2D eigenvalue weighted by Gasteiger charge is -2.03. The van der Waals surface area contributed by atoms with Gasteiger partial charge in [-0.25, -0.2) is 4.79 Å². The Kier molecular flexibility index (Phi) is 1.75. The van der Waals surface area contributed by atoms with Crippen LogP contribution in [0.15, 0.2) is 0 Å². The van der Waals surface area contributed by atoms with E-state index >= 15 is 0 Å². The smallest absolute Gasteiger partial charge is 0.404 e. The number of aliphatic carboxylic acids is 1. The van der Waals surface area contributed by atoms with Crippen molar-refractivity contribution in [1.82, 2.24) is 20.2 Å². The Labute approximate surface area is 64.8 Å². The van der Waals surface area contributed by atoms with Crippen molar-refractivity contribution in [1.29, 1.82) is 0 Å². The molecule has 0 saturated carbocycles. The summed E-state index contributed by atoms with van der Waals surface area (Å²) in [5.74, 6) is -7.48. The van der Waals surface area contributed by atoms with E-state index in [1.165, 1.54) is 7.05 Å². The van der Waals surface area contributed by atoms with Crippen molar-refractivity contribution in [3.8, 4) is 0 Å². The number of carboxylic acid groups (broad SMARTS) is 1. The second kappa shape index (κ2) is 2.47. The van der Waals surface area contributed by atoms with E-state index in [1.54, 1.807) is 0 Å². The van der Waals surface area contributed by atoms with Gasteiger partial charge in [-0.1, -0.05) is 0 Å². The van der Waals surface area contributed by atoms with E-state index in [9.17, 15) is 13.6 Å². The van der Waals surface area contributed by atoms with E-state index < -0.39 is 17.7 Å². The summed E-state index contributed by atoms with van der Waals surface area (Å²) in [6, 6.07) is 0. The van der Waals surface area contributed by atoms with Crippen LogP contribution in [-0.2, 0) is 17.8 Å². The van der Waals surface area contributed by atoms with E-state index in [0.29, 0.717) is 0 Å². The van der Waals surface area contributed by atoms with E-state index in [2.05, 4.69) is 15.4 Å². The second-order valence-electron chi connectivity index (χ2n) is 1.98. The molecule has 1 aromatic heterocycles. The highest BCUT2D eigenvalue weighted by atomic mass is 19.3. The number of nitrogens with zero attached hydrogens (tertiary/aromatic N) is 4. The van der Waals surface area contributed by atoms with Gasteiger partial charge >= 0.3 is 11.9 Å². The van der Waals surface area contributed by atoms with Crippen LogP contribution in [0.4, 0.5) is 8.78 Å². The van der Waals surface area contributed by atoms with Gasteiger partial charge < -0.3 is 5.11 Å². The van der Waals surface area contributed by atoms with Crippen LogP contribution < -0.4 is 0 Å². The lowest BCUT2D eigenvalue weighted by atomic mass is 10.3. The maximum absolute atomic E-state index is 12.5. The lowest BCUT2D eigenvalue weighted by molar-refractivity contribution is -0.167. The molecule has 0 saturated heterocycles. The van der Waals surface area contributed by atoms with Gasteiger partial charge in [0.2, 0.25) is 0 Å². The number of halogens is 2. The Morgan fingerprint density at radius 2 is 2.25 bits per heavy atom. The molecule has 0 spiro atoms. The van der Waals surface area contributed by atoms with Crippen molar-refractivity contribution in [2.75, 3.05) is 0 Å². The third-order valence-electron chi connectivity index (χ3n) is 1.06. The molecule has 0 fully saturated rings. The molecule has 1 aromatic rings. The van der Waals surface area contributed by atoms with Gasteiger partial charge in [-0.05, 0) is 5.21 Å². The molecule has 8 heteroatoms. The predicted octanol–water partition coefficient (Wildman–Crippen LogP) is -0.613. The molecule has 0 aromatic carbocycles. The average molecular weight is 178 g/mol. The van der Waals surface area contributed by atoms with Crippen LogP contribution in [0, 0.1) is 0 Å². The molecule has 0 aliphatic rings. The summed E-state index contributed by atoms with van der Waals surface area (Å²) in [5, 5.41) is 17.1. The number of aryl methyl sites for hydroxylation is 1. The van der Waals surface area contributed by atoms with Gasteiger partial charge in [-0.15, -0.1) is 10.2 Å². The van der Waals surface area contributed by atoms with Crippen molar-refractivity contribution in [3.63, 3.8) is 0 Å². The summed E-state index contributed by atoms with van der Waals surface area (Å²) in [5.41, 5.74) is 0. The molecule has 12 heavy (non-hydrogen) atoms. The maximum Gasteiger partial charge on any atom is 0.404 e. The fourth-order valence-electron chi connectivity index (χ4n) is 0.505. The average Bonchev–Trinajstić information content (AvgIpc) is 2.35. The Balaban J connectivity index is 3.05. The normalized spacial score (nSPS) is 11.6. The van der Waals surface area contributed by atoms with Crippen molar-refractivity contribution in [3.05, 3.63) is 5.82 Å². The number of alkyl halides is 2. The highest BCUT2D eigenvalue weighted by Gasteiger charge is 2.45. The number of carbonyl (C=O) groups is 1. The summed E-state index contributed by atoms with van der Waals surface area (Å²) in [6.07, 6.45) is 0. The van der Waals surface area contributed by atoms with Crippen LogP contribution in [-0.4, -0.2) is 31.3 Å². The fourth-order valence-corrected chi connectivity index (χ4v) is 0.505. The number of aromatic nitrogens is 4. The molecule has 6 nitrogen and oxygen atoms in total. The Bertz CT molecular complexity index is 310. The zero-order valence-corrected chi connectivity index (χ0v) is 5.90. The first-order valence-corrected chi connectivity index (χ1v) is 2.80. The fraction of sp³-hybridized carbons (Fsp3) is 0.500. The third-order valence-corrected chi connectivity index (χ3v) is 1.06. The van der Waals surface area contributed by atoms with Gasteiger partial charge in [-0.2, -0.15) is 13.6 Å². The SMILES string of the molecule is Cn1nnc(C(F)(F)C(=O)O)n1. The van der Waals surface area contributed by atoms with Crippen molar-refractivity contribution >= 4 is 5.97 Å². The topological polar surface area (TPSA) is 80.9 Å². The third kappa shape index (κ3) is 1.22. The molecule has 0 radical (unpaired) electrons. The zero-order valence-electron chi connectivity index (χ0n) is 5.90. The van der Waals surface area contributed by atoms with Gasteiger partial charge in [0, 0.05) is 0 Å². The minimum Gasteiger partial charge on any atom is -0.476 e. The summed E-state index contributed by atoms with van der Waals surface area (Å²) in [4.78, 5) is 10.7. The van der Waals surface area contributed by atoms with Gasteiger partial charge in [0.15, 0.2) is 0 Å². The van der Waals surface area contributed by atoms with Crippen molar-refractivity contribution in [2.45, 2.75) is 5.92 Å². The summed E-state index contributed by atoms with van der Waals surface area (Å²) >= 11 is 0. The van der Waals surface area contributed by atoms with Gasteiger partial charge in [-0.3, -0.25) is 0 Å². The van der Waals surface area contributed by atoms with Gasteiger partial charge in [0.1, 0.15) is 0 Å². The first kappa shape index (κ1) is 8.50. The number of hydrogen-bond acceptors (Lipinski definition) is 4. The monoisotopic (exact) mass is 178 g/mol. The first-order chi connectivity index (χ1) is 5.44. The lowest BCUT2D eigenvalue weighted by Crippen LogP contribution is -2.27. The molecule has 66 valence electrons. The zero-order chi connectivity index (χ0) is 9.35. The second-order valence-corrected chi connectivity index (χ2v) is 1.98. The number of carboxylic acids is 1. The summed E-state index contributed by atoms with van der Waals surface area (Å²) in [7, 11) is 1.26. The standard InChI is InChI=1S/C4H4F2N4O2/c1-10-8-2(7-9-10)4(5,6)3(11)12/h1H3,(H,11,12). The van der Waals surface area contributed by atoms with E-state index in [4.69, 9.17) is 5.11 Å². The van der Waals surface area contributed by atoms with Crippen LogP contribution in [0.1, 0.15) is 5.82 Å². The molecule has 0 unspecified atom stereocenters. The molecule has 1 N–H and O–H groups in total. The van der Waals surface area contributed by atoms with Gasteiger partial charge in [0.25, 0.3) is 5.82 Å². The number of hydrogen-bond donors (Lipinski definition) is 1. The Hall–Kier alpha value is -1.60. The van der Waals surface area contributed by atoms with Crippen LogP contribution in [0.5, 0.6) is 0 Å². The molecule has 0 atom stereocenters. The minimum absolute atomic E-state index is 0.756. The molecule has 0 aliphatic heterocycles. The van der Waals surface area contributed by atoms with Crippen LogP contribution in [0.2, 0.25) is 0 Å². The van der Waals surface area contributed by atoms with Crippen LogP contribution in [0.3, 0.4) is 0 Å². The molecular weight excluding hydrogens is 174 g/mol. The van der Waals surface area contributed by atoms with Crippen LogP contribution in [0.25, 0.3) is 0 Å². The minimum atomic E-state index is -4.08. The highest BCUT2D eigenvalue weighted by molar-refractivity contribution is 5.75. The van der Waals surface area contributed by atoms with Crippen molar-refractivity contribution < 1.29 is 18.7 Å². The van der Waals surface area contributed by atoms with E-state index in [1.807, 2.05) is 0 Å². The van der Waals surface area contributed by atoms with E-state index in [0.717, 1.165) is 4.80 Å². The summed E-state index contributed by atoms with van der Waals surface area (Å²) < 4.78 is 25.0. The first-order valence-electron chi connectivity index (χ1n) is 2.80. The molecule has 1 heterocycles. The number of rotatable bonds is 2. The maximum atomic E-state index is 12.5. The molecule has 0 amide bonds. The van der Waals surface area contributed by atoms with Crippen molar-refractivity contribution in [2.24, 2.45) is 7.05 Å². The Morgan fingerprint density at radius 3 is 2.58 bits per heavy atom. The summed E-state index contributed by atoms with van der Waals surface area (Å²) in [6.45, 7) is 0. The largest absolute Gasteiger partial charge is 0.476 e. The molecular formula is C4H4F2N4O2. The molecule has 1 rings (SSSR count). The van der Waals surface area contributed by atoms with E-state index in [-0.39, 0.29) is 0 Å². The van der Waals surface area contributed by atoms with Gasteiger partial charge in [0.05, 0.1) is 7.05 Å². The molecule has 0 aliphatic carbocycles. The quantitative estimate of drug-likeness (QED) is 0.653. The van der Waals surface area contributed by atoms with Crippen LogP contribution >= 0.6 is 0 Å². The predicted molar refractivity (Wildman–Crippen MR) is 30.3 cm³/mol. The number of tetrazole rings is 1. The molecule has 0 bridgehead atoms. The Morgan fingerprint density at radius 1 is 1.67 bits per heavy atom.